The highest BCUT2D eigenvalue weighted by Crippen LogP contribution is 2.44. The summed E-state index contributed by atoms with van der Waals surface area (Å²) in [4.78, 5) is 38.6. The summed E-state index contributed by atoms with van der Waals surface area (Å²) < 4.78 is 11.4. The van der Waals surface area contributed by atoms with E-state index in [1.165, 1.54) is 29.2 Å². The number of non-ortho nitro benzene ring substituents is 1. The lowest BCUT2D eigenvalue weighted by Crippen LogP contribution is -2.29. The van der Waals surface area contributed by atoms with Gasteiger partial charge in [-0.3, -0.25) is 24.6 Å². The summed E-state index contributed by atoms with van der Waals surface area (Å²) in [6, 6.07) is 16.5. The van der Waals surface area contributed by atoms with Crippen molar-refractivity contribution in [2.24, 2.45) is 0 Å². The molecule has 0 aliphatic carbocycles. The molecule has 1 N–H and O–H groups in total. The van der Waals surface area contributed by atoms with Crippen molar-refractivity contribution in [3.05, 3.63) is 99.1 Å². The number of ketones is 1. The van der Waals surface area contributed by atoms with Crippen molar-refractivity contribution in [3.63, 3.8) is 0 Å². The number of aliphatic hydroxyl groups is 1. The molecule has 0 spiro atoms. The molecule has 1 saturated heterocycles. The third kappa shape index (κ3) is 4.88. The van der Waals surface area contributed by atoms with E-state index >= 15 is 0 Å². The number of amides is 1. The van der Waals surface area contributed by atoms with E-state index in [4.69, 9.17) is 9.47 Å². The van der Waals surface area contributed by atoms with Crippen molar-refractivity contribution < 1.29 is 29.1 Å². The number of aliphatic hydroxyl groups excluding tert-OH is 1. The van der Waals surface area contributed by atoms with Crippen LogP contribution in [0.4, 0.5) is 11.4 Å². The maximum absolute atomic E-state index is 13.4. The van der Waals surface area contributed by atoms with E-state index in [0.29, 0.717) is 36.0 Å². The van der Waals surface area contributed by atoms with Crippen LogP contribution in [0, 0.1) is 17.0 Å². The lowest BCUT2D eigenvalue weighted by Gasteiger charge is -2.26. The van der Waals surface area contributed by atoms with Crippen molar-refractivity contribution in [3.8, 4) is 11.5 Å². The van der Waals surface area contributed by atoms with Gasteiger partial charge in [0.05, 0.1) is 29.8 Å². The summed E-state index contributed by atoms with van der Waals surface area (Å²) in [5.74, 6) is -1.18. The Hall–Kier alpha value is -4.66. The Morgan fingerprint density at radius 3 is 2.27 bits per heavy atom. The maximum atomic E-state index is 13.4. The number of Topliss-reactive ketones (excluding diaryl/α,β-unsaturated/α-hetero) is 1. The van der Waals surface area contributed by atoms with E-state index in [0.717, 1.165) is 5.56 Å². The van der Waals surface area contributed by atoms with Crippen LogP contribution in [0.5, 0.6) is 11.5 Å². The fourth-order valence-corrected chi connectivity index (χ4v) is 4.34. The van der Waals surface area contributed by atoms with Crippen LogP contribution in [0.2, 0.25) is 0 Å². The van der Waals surface area contributed by atoms with Crippen LogP contribution in [-0.4, -0.2) is 34.9 Å². The third-order valence-electron chi connectivity index (χ3n) is 5.96. The van der Waals surface area contributed by atoms with Crippen LogP contribution in [0.25, 0.3) is 5.76 Å². The molecular weight excluding hydrogens is 476 g/mol. The second kappa shape index (κ2) is 10.5. The van der Waals surface area contributed by atoms with Gasteiger partial charge in [-0.25, -0.2) is 0 Å². The van der Waals surface area contributed by atoms with Crippen molar-refractivity contribution in [2.75, 3.05) is 18.1 Å². The molecule has 1 heterocycles. The minimum Gasteiger partial charge on any atom is -0.507 e. The number of ether oxygens (including phenoxy) is 2. The number of aryl methyl sites for hydroxylation is 1. The minimum atomic E-state index is -0.942. The van der Waals surface area contributed by atoms with E-state index in [1.54, 1.807) is 30.3 Å². The SMILES string of the molecule is CCOc1ccc(N2C(=O)C(=O)/C(=C(/O)c3ccc([N+](=O)[O-])cc3)C2c2cccc(C)c2)cc1OCC. The molecule has 1 aliphatic heterocycles. The van der Waals surface area contributed by atoms with Crippen LogP contribution in [0.15, 0.2) is 72.3 Å². The standard InChI is InChI=1S/C28H26N2O7/c1-4-36-22-14-13-21(16-23(22)37-5-2)29-25(19-8-6-7-17(3)15-19)24(27(32)28(29)33)26(31)18-9-11-20(12-10-18)30(34)35/h6-16,25,31H,4-5H2,1-3H3/b26-24+. The highest BCUT2D eigenvalue weighted by molar-refractivity contribution is 6.51. The molecule has 1 amide bonds. The van der Waals surface area contributed by atoms with E-state index < -0.39 is 28.4 Å². The summed E-state index contributed by atoms with van der Waals surface area (Å²) in [6.45, 7) is 6.34. The number of benzene rings is 3. The second-order valence-corrected chi connectivity index (χ2v) is 8.38. The number of nitro benzene ring substituents is 1. The molecule has 4 rings (SSSR count). The third-order valence-corrected chi connectivity index (χ3v) is 5.96. The Balaban J connectivity index is 1.91. The molecule has 1 fully saturated rings. The molecule has 1 atom stereocenters. The Kier molecular flexibility index (Phi) is 7.24. The maximum Gasteiger partial charge on any atom is 0.300 e. The highest BCUT2D eigenvalue weighted by Gasteiger charge is 2.47. The zero-order valence-electron chi connectivity index (χ0n) is 20.6. The van der Waals surface area contributed by atoms with E-state index in [-0.39, 0.29) is 16.8 Å². The van der Waals surface area contributed by atoms with Gasteiger partial charge in [-0.2, -0.15) is 0 Å². The van der Waals surface area contributed by atoms with Crippen LogP contribution in [0.3, 0.4) is 0 Å². The quantitative estimate of drug-likeness (QED) is 0.145. The zero-order valence-corrected chi connectivity index (χ0v) is 20.6. The highest BCUT2D eigenvalue weighted by atomic mass is 16.6. The molecule has 9 nitrogen and oxygen atoms in total. The second-order valence-electron chi connectivity index (χ2n) is 8.38. The number of carbonyl (C=O) groups excluding carboxylic acids is 2. The fraction of sp³-hybridized carbons (Fsp3) is 0.214. The van der Waals surface area contributed by atoms with Crippen LogP contribution in [0.1, 0.15) is 36.6 Å². The number of hydrogen-bond donors (Lipinski definition) is 1. The normalized spacial score (nSPS) is 16.6. The van der Waals surface area contributed by atoms with E-state index in [2.05, 4.69) is 0 Å². The van der Waals surface area contributed by atoms with E-state index in [9.17, 15) is 24.8 Å². The van der Waals surface area contributed by atoms with Gasteiger partial charge in [-0.1, -0.05) is 29.8 Å². The van der Waals surface area contributed by atoms with Crippen molar-refractivity contribution >= 4 is 28.8 Å². The Bertz CT molecular complexity index is 1400. The van der Waals surface area contributed by atoms with Gasteiger partial charge in [-0.05, 0) is 50.6 Å². The molecule has 0 bridgehead atoms. The van der Waals surface area contributed by atoms with Crippen LogP contribution in [-0.2, 0) is 9.59 Å². The van der Waals surface area contributed by atoms with Gasteiger partial charge in [0, 0.05) is 29.4 Å². The summed E-state index contributed by atoms with van der Waals surface area (Å²) in [5.41, 5.74) is 1.82. The molecule has 0 aromatic heterocycles. The van der Waals surface area contributed by atoms with Gasteiger partial charge >= 0.3 is 0 Å². The molecule has 1 unspecified atom stereocenters. The molecule has 190 valence electrons. The first-order chi connectivity index (χ1) is 17.8. The Morgan fingerprint density at radius 2 is 1.65 bits per heavy atom. The Morgan fingerprint density at radius 1 is 0.973 bits per heavy atom. The first-order valence-corrected chi connectivity index (χ1v) is 11.8. The molecule has 0 radical (unpaired) electrons. The van der Waals surface area contributed by atoms with Crippen molar-refractivity contribution in [2.45, 2.75) is 26.8 Å². The minimum absolute atomic E-state index is 0.115. The summed E-state index contributed by atoms with van der Waals surface area (Å²) >= 11 is 0. The predicted octanol–water partition coefficient (Wildman–Crippen LogP) is 5.33. The van der Waals surface area contributed by atoms with Crippen LogP contribution < -0.4 is 14.4 Å². The number of rotatable bonds is 8. The molecule has 3 aromatic carbocycles. The largest absolute Gasteiger partial charge is 0.507 e. The molecule has 1 aliphatic rings. The Labute approximate surface area is 213 Å². The van der Waals surface area contributed by atoms with Gasteiger partial charge in [0.25, 0.3) is 17.4 Å². The summed E-state index contributed by atoms with van der Waals surface area (Å²) in [6.07, 6.45) is 0. The number of anilines is 1. The average molecular weight is 503 g/mol. The first-order valence-electron chi connectivity index (χ1n) is 11.8. The monoisotopic (exact) mass is 502 g/mol. The predicted molar refractivity (Wildman–Crippen MR) is 138 cm³/mol. The van der Waals surface area contributed by atoms with Gasteiger partial charge < -0.3 is 14.6 Å². The fourth-order valence-electron chi connectivity index (χ4n) is 4.34. The number of hydrogen-bond acceptors (Lipinski definition) is 7. The van der Waals surface area contributed by atoms with Gasteiger partial charge in [0.2, 0.25) is 0 Å². The number of carbonyl (C=O) groups is 2. The smallest absolute Gasteiger partial charge is 0.300 e. The lowest BCUT2D eigenvalue weighted by molar-refractivity contribution is -0.384. The van der Waals surface area contributed by atoms with Gasteiger partial charge in [0.1, 0.15) is 5.76 Å². The zero-order chi connectivity index (χ0) is 26.7. The lowest BCUT2D eigenvalue weighted by atomic mass is 9.94. The molecule has 3 aromatic rings. The van der Waals surface area contributed by atoms with E-state index in [1.807, 2.05) is 32.9 Å². The van der Waals surface area contributed by atoms with Crippen molar-refractivity contribution in [1.82, 2.24) is 0 Å². The molecule has 37 heavy (non-hydrogen) atoms. The van der Waals surface area contributed by atoms with Gasteiger partial charge in [0.15, 0.2) is 11.5 Å². The topological polar surface area (TPSA) is 119 Å². The van der Waals surface area contributed by atoms with Crippen molar-refractivity contribution in [1.29, 1.82) is 0 Å². The molecule has 9 heteroatoms. The average Bonchev–Trinajstić information content (AvgIpc) is 3.15. The van der Waals surface area contributed by atoms with Gasteiger partial charge in [-0.15, -0.1) is 0 Å². The molecule has 0 saturated carbocycles. The molecular formula is C28H26N2O7. The first kappa shape index (κ1) is 25.4. The summed E-state index contributed by atoms with van der Waals surface area (Å²) in [7, 11) is 0. The van der Waals surface area contributed by atoms with Crippen LogP contribution >= 0.6 is 0 Å². The number of nitro groups is 1. The summed E-state index contributed by atoms with van der Waals surface area (Å²) in [5, 5.41) is 22.3. The number of nitrogens with zero attached hydrogens (tertiary/aromatic N) is 2.